The van der Waals surface area contributed by atoms with E-state index in [1.807, 2.05) is 18.2 Å². The molecule has 108 valence electrons. The molecular weight excluding hydrogens is 262 g/mol. The van der Waals surface area contributed by atoms with Crippen molar-refractivity contribution < 1.29 is 4.74 Å². The summed E-state index contributed by atoms with van der Waals surface area (Å²) in [5.74, 6) is 1.41. The average Bonchev–Trinajstić information content (AvgIpc) is 2.90. The minimum absolute atomic E-state index is 0.114. The van der Waals surface area contributed by atoms with Crippen molar-refractivity contribution in [1.29, 1.82) is 0 Å². The summed E-state index contributed by atoms with van der Waals surface area (Å²) in [6.07, 6.45) is 0. The largest absolute Gasteiger partial charge is 0.497 e. The van der Waals surface area contributed by atoms with E-state index in [9.17, 15) is 0 Å². The second-order valence-electron chi connectivity index (χ2n) is 5.20. The van der Waals surface area contributed by atoms with Gasteiger partial charge in [0, 0.05) is 5.69 Å². The number of nitrogens with zero attached hydrogens (tertiary/aromatic N) is 2. The predicted molar refractivity (Wildman–Crippen MR) is 85.9 cm³/mol. The maximum atomic E-state index is 6.09. The molecule has 1 aliphatic heterocycles. The molecular formula is C17H19N3O. The van der Waals surface area contributed by atoms with Gasteiger partial charge in [0.15, 0.2) is 5.96 Å². The zero-order chi connectivity index (χ0) is 14.8. The molecule has 0 amide bonds. The number of ether oxygens (including phenoxy) is 1. The lowest BCUT2D eigenvalue weighted by Crippen LogP contribution is -2.36. The number of benzene rings is 2. The molecule has 3 rings (SSSR count). The second kappa shape index (κ2) is 5.48. The predicted octanol–water partition coefficient (Wildman–Crippen LogP) is 2.88. The highest BCUT2D eigenvalue weighted by Gasteiger charge is 2.28. The van der Waals surface area contributed by atoms with Crippen molar-refractivity contribution in [2.45, 2.75) is 13.0 Å². The van der Waals surface area contributed by atoms with Crippen LogP contribution in [-0.4, -0.2) is 19.6 Å². The van der Waals surface area contributed by atoms with E-state index in [-0.39, 0.29) is 6.04 Å². The highest BCUT2D eigenvalue weighted by atomic mass is 16.5. The fourth-order valence-corrected chi connectivity index (χ4v) is 2.62. The third kappa shape index (κ3) is 2.57. The van der Waals surface area contributed by atoms with Gasteiger partial charge in [0.05, 0.1) is 19.7 Å². The van der Waals surface area contributed by atoms with Crippen molar-refractivity contribution in [3.05, 3.63) is 59.7 Å². The quantitative estimate of drug-likeness (QED) is 0.941. The van der Waals surface area contributed by atoms with Gasteiger partial charge in [-0.3, -0.25) is 4.99 Å². The number of aliphatic imine (C=N–C) groups is 1. The Labute approximate surface area is 124 Å². The van der Waals surface area contributed by atoms with Gasteiger partial charge in [-0.25, -0.2) is 0 Å². The molecule has 0 aromatic heterocycles. The van der Waals surface area contributed by atoms with Crippen LogP contribution in [0, 0.1) is 6.92 Å². The highest BCUT2D eigenvalue weighted by Crippen LogP contribution is 2.32. The maximum absolute atomic E-state index is 6.09. The van der Waals surface area contributed by atoms with E-state index in [2.05, 4.69) is 47.1 Å². The van der Waals surface area contributed by atoms with Crippen LogP contribution in [0.25, 0.3) is 0 Å². The van der Waals surface area contributed by atoms with Gasteiger partial charge >= 0.3 is 0 Å². The Morgan fingerprint density at radius 2 is 1.95 bits per heavy atom. The number of guanidine groups is 1. The second-order valence-corrected chi connectivity index (χ2v) is 5.20. The Bertz CT molecular complexity index is 664. The van der Waals surface area contributed by atoms with Gasteiger partial charge in [-0.2, -0.15) is 0 Å². The first kappa shape index (κ1) is 13.5. The van der Waals surface area contributed by atoms with E-state index in [1.165, 1.54) is 5.56 Å². The summed E-state index contributed by atoms with van der Waals surface area (Å²) in [5.41, 5.74) is 9.53. The monoisotopic (exact) mass is 281 g/mol. The molecule has 2 N–H and O–H groups in total. The van der Waals surface area contributed by atoms with E-state index in [0.29, 0.717) is 12.5 Å². The van der Waals surface area contributed by atoms with Crippen LogP contribution in [0.3, 0.4) is 0 Å². The van der Waals surface area contributed by atoms with Crippen LogP contribution in [0.4, 0.5) is 5.69 Å². The minimum atomic E-state index is 0.114. The van der Waals surface area contributed by atoms with Crippen LogP contribution in [0.2, 0.25) is 0 Å². The molecule has 4 nitrogen and oxygen atoms in total. The standard InChI is InChI=1S/C17H19N3O/c1-12-6-8-14(9-7-12)20-16(11-19-17(20)18)13-4-3-5-15(10-13)21-2/h3-10,16H,11H2,1-2H3,(H2,18,19). The molecule has 0 aliphatic carbocycles. The van der Waals surface area contributed by atoms with Crippen molar-refractivity contribution in [2.75, 3.05) is 18.6 Å². The highest BCUT2D eigenvalue weighted by molar-refractivity contribution is 5.97. The van der Waals surface area contributed by atoms with Gasteiger partial charge in [-0.1, -0.05) is 29.8 Å². The van der Waals surface area contributed by atoms with E-state index in [1.54, 1.807) is 7.11 Å². The summed E-state index contributed by atoms with van der Waals surface area (Å²) in [6.45, 7) is 2.73. The van der Waals surface area contributed by atoms with Gasteiger partial charge in [0.2, 0.25) is 0 Å². The van der Waals surface area contributed by atoms with E-state index < -0.39 is 0 Å². The molecule has 0 bridgehead atoms. The van der Waals surface area contributed by atoms with Crippen molar-refractivity contribution in [3.63, 3.8) is 0 Å². The van der Waals surface area contributed by atoms with Crippen molar-refractivity contribution in [2.24, 2.45) is 10.7 Å². The SMILES string of the molecule is COc1cccc(C2CN=C(N)N2c2ccc(C)cc2)c1. The van der Waals surface area contributed by atoms with Gasteiger partial charge < -0.3 is 15.4 Å². The molecule has 0 saturated carbocycles. The number of rotatable bonds is 3. The van der Waals surface area contributed by atoms with Crippen LogP contribution >= 0.6 is 0 Å². The topological polar surface area (TPSA) is 50.9 Å². The summed E-state index contributed by atoms with van der Waals surface area (Å²) in [4.78, 5) is 6.49. The lowest BCUT2D eigenvalue weighted by molar-refractivity contribution is 0.414. The Hall–Kier alpha value is -2.49. The molecule has 0 radical (unpaired) electrons. The van der Waals surface area contributed by atoms with Crippen molar-refractivity contribution in [1.82, 2.24) is 0 Å². The van der Waals surface area contributed by atoms with Gasteiger partial charge in [0.1, 0.15) is 5.75 Å². The van der Waals surface area contributed by atoms with Gasteiger partial charge in [-0.05, 0) is 36.8 Å². The molecule has 2 aromatic rings. The Balaban J connectivity index is 1.96. The number of aryl methyl sites for hydroxylation is 1. The Morgan fingerprint density at radius 1 is 1.19 bits per heavy atom. The lowest BCUT2D eigenvalue weighted by atomic mass is 10.0. The molecule has 0 saturated heterocycles. The first-order chi connectivity index (χ1) is 10.2. The summed E-state index contributed by atoms with van der Waals surface area (Å²) in [6, 6.07) is 16.5. The number of methoxy groups -OCH3 is 1. The molecule has 2 aromatic carbocycles. The van der Waals surface area contributed by atoms with E-state index >= 15 is 0 Å². The summed E-state index contributed by atoms with van der Waals surface area (Å²) < 4.78 is 5.31. The average molecular weight is 281 g/mol. The smallest absolute Gasteiger partial charge is 0.196 e. The van der Waals surface area contributed by atoms with Gasteiger partial charge in [-0.15, -0.1) is 0 Å². The van der Waals surface area contributed by atoms with Crippen LogP contribution in [-0.2, 0) is 0 Å². The molecule has 1 atom stereocenters. The van der Waals surface area contributed by atoms with Crippen LogP contribution in [0.1, 0.15) is 17.2 Å². The van der Waals surface area contributed by atoms with E-state index in [4.69, 9.17) is 10.5 Å². The molecule has 1 heterocycles. The first-order valence-corrected chi connectivity index (χ1v) is 6.99. The van der Waals surface area contributed by atoms with Crippen molar-refractivity contribution >= 4 is 11.6 Å². The number of hydrogen-bond donors (Lipinski definition) is 1. The normalized spacial score (nSPS) is 17.7. The molecule has 0 fully saturated rings. The molecule has 21 heavy (non-hydrogen) atoms. The molecule has 1 aliphatic rings. The third-order valence-electron chi connectivity index (χ3n) is 3.78. The minimum Gasteiger partial charge on any atom is -0.497 e. The summed E-state index contributed by atoms with van der Waals surface area (Å²) >= 11 is 0. The number of hydrogen-bond acceptors (Lipinski definition) is 4. The fraction of sp³-hybridized carbons (Fsp3) is 0.235. The molecule has 4 heteroatoms. The lowest BCUT2D eigenvalue weighted by Gasteiger charge is -2.27. The van der Waals surface area contributed by atoms with Crippen LogP contribution in [0.15, 0.2) is 53.5 Å². The van der Waals surface area contributed by atoms with Crippen LogP contribution < -0.4 is 15.4 Å². The Kier molecular flexibility index (Phi) is 3.52. The number of nitrogens with two attached hydrogens (primary N) is 1. The molecule has 1 unspecified atom stereocenters. The third-order valence-corrected chi connectivity index (χ3v) is 3.78. The zero-order valence-corrected chi connectivity index (χ0v) is 12.3. The summed E-state index contributed by atoms with van der Waals surface area (Å²) in [7, 11) is 1.68. The van der Waals surface area contributed by atoms with Gasteiger partial charge in [0.25, 0.3) is 0 Å². The van der Waals surface area contributed by atoms with Crippen LogP contribution in [0.5, 0.6) is 5.75 Å². The zero-order valence-electron chi connectivity index (χ0n) is 12.3. The maximum Gasteiger partial charge on any atom is 0.196 e. The van der Waals surface area contributed by atoms with E-state index in [0.717, 1.165) is 17.0 Å². The first-order valence-electron chi connectivity index (χ1n) is 6.99. The van der Waals surface area contributed by atoms with Crippen molar-refractivity contribution in [3.8, 4) is 5.75 Å². The Morgan fingerprint density at radius 3 is 2.67 bits per heavy atom. The summed E-state index contributed by atoms with van der Waals surface area (Å²) in [5, 5.41) is 0. The molecule has 0 spiro atoms. The number of anilines is 1. The fourth-order valence-electron chi connectivity index (χ4n) is 2.62.